The molecule has 2 heterocycles. The predicted molar refractivity (Wildman–Crippen MR) is 95.4 cm³/mol. The molecule has 0 aliphatic carbocycles. The second kappa shape index (κ2) is 8.78. The Bertz CT molecular complexity index is 612. The van der Waals surface area contributed by atoms with Crippen molar-refractivity contribution in [3.63, 3.8) is 0 Å². The summed E-state index contributed by atoms with van der Waals surface area (Å²) in [6.45, 7) is 3.18. The molecule has 0 unspecified atom stereocenters. The molecule has 0 aromatic heterocycles. The number of hydroxylamine groups is 2. The van der Waals surface area contributed by atoms with Crippen LogP contribution in [-0.4, -0.2) is 60.6 Å². The molecule has 2 amide bonds. The maximum atomic E-state index is 12.4. The Morgan fingerprint density at radius 2 is 2.08 bits per heavy atom. The molecule has 3 rings (SSSR count). The van der Waals surface area contributed by atoms with Crippen molar-refractivity contribution in [3.05, 3.63) is 42.0 Å². The Morgan fingerprint density at radius 1 is 1.24 bits per heavy atom. The summed E-state index contributed by atoms with van der Waals surface area (Å²) < 4.78 is 0. The molecule has 0 spiro atoms. The number of carbonyl (C=O) groups excluding carboxylic acids is 2. The molecule has 2 fully saturated rings. The number of hydrogen-bond acceptors (Lipinski definition) is 4. The fraction of sp³-hybridized carbons (Fsp3) is 0.474. The van der Waals surface area contributed by atoms with Crippen LogP contribution in [0.1, 0.15) is 24.8 Å². The quantitative estimate of drug-likeness (QED) is 0.879. The van der Waals surface area contributed by atoms with E-state index in [9.17, 15) is 9.59 Å². The lowest BCUT2D eigenvalue weighted by atomic mass is 10.1. The standard InChI is InChI=1S/C19H25N3O3/c23-18(22-12-4-5-14-25-22)15-17-19(24)20-10-13-21(17)11-6-9-16-7-2-1-3-8-16/h1-3,6-9,17H,4-5,10-15H2,(H,20,24)/b9-6+/t17-/m1/s1. The summed E-state index contributed by atoms with van der Waals surface area (Å²) in [4.78, 5) is 32.2. The molecule has 6 nitrogen and oxygen atoms in total. The van der Waals surface area contributed by atoms with Gasteiger partial charge in [-0.25, -0.2) is 5.06 Å². The largest absolute Gasteiger partial charge is 0.353 e. The van der Waals surface area contributed by atoms with Crippen molar-refractivity contribution in [3.8, 4) is 0 Å². The van der Waals surface area contributed by atoms with Crippen LogP contribution in [0.25, 0.3) is 6.08 Å². The second-order valence-corrected chi connectivity index (χ2v) is 6.36. The predicted octanol–water partition coefficient (Wildman–Crippen LogP) is 1.44. The number of amides is 2. The van der Waals surface area contributed by atoms with Crippen molar-refractivity contribution in [1.29, 1.82) is 0 Å². The number of nitrogens with zero attached hydrogens (tertiary/aromatic N) is 2. The van der Waals surface area contributed by atoms with Gasteiger partial charge in [0.1, 0.15) is 0 Å². The molecule has 134 valence electrons. The van der Waals surface area contributed by atoms with Crippen molar-refractivity contribution in [2.75, 3.05) is 32.8 Å². The zero-order chi connectivity index (χ0) is 17.5. The van der Waals surface area contributed by atoms with E-state index < -0.39 is 6.04 Å². The Morgan fingerprint density at radius 3 is 2.84 bits per heavy atom. The Hall–Kier alpha value is -2.18. The van der Waals surface area contributed by atoms with E-state index in [0.29, 0.717) is 26.2 Å². The zero-order valence-electron chi connectivity index (χ0n) is 14.4. The number of hydrogen-bond donors (Lipinski definition) is 1. The highest BCUT2D eigenvalue weighted by Crippen LogP contribution is 2.14. The Balaban J connectivity index is 1.59. The van der Waals surface area contributed by atoms with Gasteiger partial charge in [0.25, 0.3) is 0 Å². The smallest absolute Gasteiger partial charge is 0.248 e. The van der Waals surface area contributed by atoms with E-state index in [1.165, 1.54) is 5.06 Å². The van der Waals surface area contributed by atoms with E-state index in [1.54, 1.807) is 0 Å². The van der Waals surface area contributed by atoms with Crippen LogP contribution in [0.3, 0.4) is 0 Å². The average molecular weight is 343 g/mol. The molecule has 25 heavy (non-hydrogen) atoms. The first-order chi connectivity index (χ1) is 12.2. The molecule has 1 N–H and O–H groups in total. The van der Waals surface area contributed by atoms with Crippen LogP contribution < -0.4 is 5.32 Å². The minimum atomic E-state index is -0.438. The third-order valence-electron chi connectivity index (χ3n) is 4.54. The number of piperazine rings is 1. The lowest BCUT2D eigenvalue weighted by Crippen LogP contribution is -2.56. The van der Waals surface area contributed by atoms with Crippen LogP contribution in [0.2, 0.25) is 0 Å². The Labute approximate surface area is 148 Å². The molecule has 0 radical (unpaired) electrons. The SMILES string of the molecule is O=C1NCCN(C/C=C/c2ccccc2)[C@@H]1CC(=O)N1CCCCO1. The van der Waals surface area contributed by atoms with Gasteiger partial charge in [0.2, 0.25) is 11.8 Å². The Kier molecular flexibility index (Phi) is 6.19. The van der Waals surface area contributed by atoms with Crippen LogP contribution in [0.4, 0.5) is 0 Å². The van der Waals surface area contributed by atoms with Gasteiger partial charge in [-0.15, -0.1) is 0 Å². The van der Waals surface area contributed by atoms with E-state index in [2.05, 4.69) is 10.2 Å². The first kappa shape index (κ1) is 17.6. The van der Waals surface area contributed by atoms with Crippen LogP contribution in [-0.2, 0) is 14.4 Å². The normalized spacial score (nSPS) is 22.2. The van der Waals surface area contributed by atoms with Gasteiger partial charge in [-0.3, -0.25) is 19.3 Å². The minimum absolute atomic E-state index is 0.0790. The van der Waals surface area contributed by atoms with Gasteiger partial charge in [-0.1, -0.05) is 42.5 Å². The first-order valence-electron chi connectivity index (χ1n) is 8.90. The van der Waals surface area contributed by atoms with Crippen molar-refractivity contribution in [2.45, 2.75) is 25.3 Å². The molecule has 1 aromatic carbocycles. The van der Waals surface area contributed by atoms with E-state index >= 15 is 0 Å². The topological polar surface area (TPSA) is 61.9 Å². The average Bonchev–Trinajstić information content (AvgIpc) is 2.66. The third-order valence-corrected chi connectivity index (χ3v) is 4.54. The summed E-state index contributed by atoms with van der Waals surface area (Å²) in [5.74, 6) is -0.191. The van der Waals surface area contributed by atoms with Crippen molar-refractivity contribution < 1.29 is 14.4 Å². The van der Waals surface area contributed by atoms with Gasteiger partial charge in [0, 0.05) is 26.2 Å². The van der Waals surface area contributed by atoms with Gasteiger partial charge in [0.05, 0.1) is 19.1 Å². The van der Waals surface area contributed by atoms with Gasteiger partial charge < -0.3 is 5.32 Å². The number of nitrogens with one attached hydrogen (secondary N) is 1. The maximum Gasteiger partial charge on any atom is 0.248 e. The minimum Gasteiger partial charge on any atom is -0.353 e. The lowest BCUT2D eigenvalue weighted by Gasteiger charge is -2.35. The first-order valence-corrected chi connectivity index (χ1v) is 8.90. The number of benzene rings is 1. The molecule has 1 atom stereocenters. The van der Waals surface area contributed by atoms with E-state index in [4.69, 9.17) is 4.84 Å². The van der Waals surface area contributed by atoms with Gasteiger partial charge >= 0.3 is 0 Å². The molecule has 2 aliphatic rings. The summed E-state index contributed by atoms with van der Waals surface area (Å²) in [6, 6.07) is 9.60. The summed E-state index contributed by atoms with van der Waals surface area (Å²) in [5.41, 5.74) is 1.12. The fourth-order valence-corrected chi connectivity index (χ4v) is 3.15. The second-order valence-electron chi connectivity index (χ2n) is 6.36. The van der Waals surface area contributed by atoms with Crippen LogP contribution >= 0.6 is 0 Å². The van der Waals surface area contributed by atoms with Gasteiger partial charge in [-0.05, 0) is 18.4 Å². The van der Waals surface area contributed by atoms with E-state index in [-0.39, 0.29) is 18.2 Å². The van der Waals surface area contributed by atoms with Gasteiger partial charge in [0.15, 0.2) is 0 Å². The molecule has 2 saturated heterocycles. The van der Waals surface area contributed by atoms with Gasteiger partial charge in [-0.2, -0.15) is 0 Å². The summed E-state index contributed by atoms with van der Waals surface area (Å²) in [7, 11) is 0. The maximum absolute atomic E-state index is 12.4. The summed E-state index contributed by atoms with van der Waals surface area (Å²) in [5, 5.41) is 4.28. The molecule has 0 saturated carbocycles. The van der Waals surface area contributed by atoms with E-state index in [0.717, 1.165) is 24.9 Å². The van der Waals surface area contributed by atoms with Crippen LogP contribution in [0, 0.1) is 0 Å². The van der Waals surface area contributed by atoms with Crippen molar-refractivity contribution in [1.82, 2.24) is 15.3 Å². The monoisotopic (exact) mass is 343 g/mol. The van der Waals surface area contributed by atoms with Crippen LogP contribution in [0.15, 0.2) is 36.4 Å². The molecule has 0 bridgehead atoms. The van der Waals surface area contributed by atoms with E-state index in [1.807, 2.05) is 42.5 Å². The van der Waals surface area contributed by atoms with Crippen LogP contribution in [0.5, 0.6) is 0 Å². The molecular formula is C19H25N3O3. The molecule has 2 aliphatic heterocycles. The summed E-state index contributed by atoms with van der Waals surface area (Å²) >= 11 is 0. The highest BCUT2D eigenvalue weighted by molar-refractivity contribution is 5.88. The molecule has 1 aromatic rings. The van der Waals surface area contributed by atoms with Crippen molar-refractivity contribution >= 4 is 17.9 Å². The molecule has 6 heteroatoms. The number of rotatable bonds is 5. The lowest BCUT2D eigenvalue weighted by molar-refractivity contribution is -0.198. The summed E-state index contributed by atoms with van der Waals surface area (Å²) in [6.07, 6.45) is 6.17. The molecular weight excluding hydrogens is 318 g/mol. The number of carbonyl (C=O) groups is 2. The highest BCUT2D eigenvalue weighted by atomic mass is 16.7. The highest BCUT2D eigenvalue weighted by Gasteiger charge is 2.33. The zero-order valence-corrected chi connectivity index (χ0v) is 14.4. The fourth-order valence-electron chi connectivity index (χ4n) is 3.15. The third kappa shape index (κ3) is 4.90. The van der Waals surface area contributed by atoms with Crippen molar-refractivity contribution in [2.24, 2.45) is 0 Å².